The lowest BCUT2D eigenvalue weighted by molar-refractivity contribution is 0.251. The number of fused-ring (bicyclic) bond motifs is 2. The van der Waals surface area contributed by atoms with Crippen LogP contribution in [0.4, 0.5) is 0 Å². The van der Waals surface area contributed by atoms with Crippen LogP contribution in [0.3, 0.4) is 0 Å². The number of nitrogens with one attached hydrogen (secondary N) is 1. The molecule has 2 heterocycles. The lowest BCUT2D eigenvalue weighted by Crippen LogP contribution is -2.48. The molecule has 0 radical (unpaired) electrons. The Morgan fingerprint density at radius 2 is 1.69 bits per heavy atom. The zero-order chi connectivity index (χ0) is 18.4. The van der Waals surface area contributed by atoms with Gasteiger partial charge in [-0.1, -0.05) is 0 Å². The second-order valence-corrected chi connectivity index (χ2v) is 10.9. The zero-order valence-corrected chi connectivity index (χ0v) is 17.5. The smallest absolute Gasteiger partial charge is 0.246 e. The molecule has 2 aliphatic heterocycles. The highest BCUT2D eigenvalue weighted by Crippen LogP contribution is 2.34. The van der Waals surface area contributed by atoms with Crippen molar-refractivity contribution in [3.8, 4) is 5.75 Å². The van der Waals surface area contributed by atoms with Gasteiger partial charge in [-0.25, -0.2) is 16.8 Å². The van der Waals surface area contributed by atoms with Gasteiger partial charge in [0.25, 0.3) is 0 Å². The van der Waals surface area contributed by atoms with Gasteiger partial charge in [0.1, 0.15) is 10.6 Å². The van der Waals surface area contributed by atoms with E-state index in [0.29, 0.717) is 12.1 Å². The van der Waals surface area contributed by atoms with Crippen LogP contribution in [-0.2, 0) is 19.9 Å². The summed E-state index contributed by atoms with van der Waals surface area (Å²) in [6.45, 7) is 0. The van der Waals surface area contributed by atoms with Gasteiger partial charge in [0.05, 0.1) is 12.0 Å². The molecule has 2 unspecified atom stereocenters. The molecule has 7 nitrogen and oxygen atoms in total. The standard InChI is InChI=1S/C16H24N2O5S2.ClH/c1-18(13-8-11-4-5-12(9-13)17-11)25(21,22)16-10-14(24(3,19)20)6-7-15(16)23-2;/h6-7,10-13,17H,4-5,8-9H2,1-3H3;1H. The van der Waals surface area contributed by atoms with Crippen molar-refractivity contribution in [3.63, 3.8) is 0 Å². The van der Waals surface area contributed by atoms with Crippen molar-refractivity contribution in [1.82, 2.24) is 9.62 Å². The fraction of sp³-hybridized carbons (Fsp3) is 0.625. The third kappa shape index (κ3) is 4.01. The van der Waals surface area contributed by atoms with Crippen molar-refractivity contribution >= 4 is 32.3 Å². The number of hydrogen-bond donors (Lipinski definition) is 1. The molecular formula is C16H25ClN2O5S2. The number of ether oxygens (including phenoxy) is 1. The van der Waals surface area contributed by atoms with E-state index in [2.05, 4.69) is 5.32 Å². The van der Waals surface area contributed by atoms with Crippen molar-refractivity contribution in [2.75, 3.05) is 20.4 Å². The van der Waals surface area contributed by atoms with Crippen LogP contribution in [0, 0.1) is 0 Å². The minimum atomic E-state index is -3.87. The van der Waals surface area contributed by atoms with Crippen molar-refractivity contribution in [3.05, 3.63) is 18.2 Å². The molecule has 1 N–H and O–H groups in total. The Morgan fingerprint density at radius 1 is 1.12 bits per heavy atom. The maximum atomic E-state index is 13.2. The molecule has 26 heavy (non-hydrogen) atoms. The number of benzene rings is 1. The lowest BCUT2D eigenvalue weighted by atomic mass is 10.0. The van der Waals surface area contributed by atoms with Crippen LogP contribution in [0.2, 0.25) is 0 Å². The average Bonchev–Trinajstić information content (AvgIpc) is 2.90. The molecule has 2 aliphatic rings. The number of nitrogens with zero attached hydrogens (tertiary/aromatic N) is 1. The molecule has 2 fully saturated rings. The van der Waals surface area contributed by atoms with E-state index in [9.17, 15) is 16.8 Å². The predicted molar refractivity (Wildman–Crippen MR) is 101 cm³/mol. The fourth-order valence-electron chi connectivity index (χ4n) is 3.76. The third-order valence-electron chi connectivity index (χ3n) is 5.18. The minimum Gasteiger partial charge on any atom is -0.495 e. The van der Waals surface area contributed by atoms with Gasteiger partial charge in [-0.2, -0.15) is 4.31 Å². The quantitative estimate of drug-likeness (QED) is 0.768. The number of methoxy groups -OCH3 is 1. The van der Waals surface area contributed by atoms with Gasteiger partial charge < -0.3 is 10.1 Å². The summed E-state index contributed by atoms with van der Waals surface area (Å²) >= 11 is 0. The van der Waals surface area contributed by atoms with Gasteiger partial charge in [0.15, 0.2) is 9.84 Å². The van der Waals surface area contributed by atoms with Gasteiger partial charge in [0.2, 0.25) is 10.0 Å². The van der Waals surface area contributed by atoms with Crippen LogP contribution in [0.15, 0.2) is 28.0 Å². The number of rotatable bonds is 5. The maximum absolute atomic E-state index is 13.2. The first-order chi connectivity index (χ1) is 11.6. The highest BCUT2D eigenvalue weighted by atomic mass is 35.5. The summed E-state index contributed by atoms with van der Waals surface area (Å²) in [4.78, 5) is -0.142. The van der Waals surface area contributed by atoms with Gasteiger partial charge in [0, 0.05) is 31.4 Å². The normalized spacial score (nSPS) is 25.8. The molecule has 3 rings (SSSR count). The number of sulfonamides is 1. The van der Waals surface area contributed by atoms with Crippen LogP contribution >= 0.6 is 12.4 Å². The Balaban J connectivity index is 0.00000243. The Labute approximate surface area is 161 Å². The first-order valence-electron chi connectivity index (χ1n) is 8.25. The van der Waals surface area contributed by atoms with Crippen molar-refractivity contribution in [1.29, 1.82) is 0 Å². The summed E-state index contributed by atoms with van der Waals surface area (Å²) in [7, 11) is -4.44. The van der Waals surface area contributed by atoms with E-state index in [-0.39, 0.29) is 34.0 Å². The van der Waals surface area contributed by atoms with Gasteiger partial charge >= 0.3 is 0 Å². The van der Waals surface area contributed by atoms with Gasteiger partial charge in [-0.05, 0) is 43.9 Å². The Morgan fingerprint density at radius 3 is 2.19 bits per heavy atom. The summed E-state index contributed by atoms with van der Waals surface area (Å²) in [6, 6.07) is 4.54. The first-order valence-corrected chi connectivity index (χ1v) is 11.6. The van der Waals surface area contributed by atoms with Crippen molar-refractivity contribution < 1.29 is 21.6 Å². The molecule has 0 saturated carbocycles. The molecular weight excluding hydrogens is 400 g/mol. The fourth-order valence-corrected chi connectivity index (χ4v) is 6.04. The number of halogens is 1. The number of piperidine rings is 1. The molecule has 2 bridgehead atoms. The Hall–Kier alpha value is -0.870. The second-order valence-electron chi connectivity index (χ2n) is 6.87. The van der Waals surface area contributed by atoms with Crippen LogP contribution < -0.4 is 10.1 Å². The zero-order valence-electron chi connectivity index (χ0n) is 15.0. The Bertz CT molecular complexity index is 861. The monoisotopic (exact) mass is 424 g/mol. The lowest BCUT2D eigenvalue weighted by Gasteiger charge is -2.35. The molecule has 1 aromatic carbocycles. The van der Waals surface area contributed by atoms with E-state index in [1.54, 1.807) is 7.05 Å². The van der Waals surface area contributed by atoms with Crippen molar-refractivity contribution in [2.45, 2.75) is 53.6 Å². The topological polar surface area (TPSA) is 92.8 Å². The van der Waals surface area contributed by atoms with E-state index in [1.165, 1.54) is 29.6 Å². The minimum absolute atomic E-state index is 0. The molecule has 0 aliphatic carbocycles. The number of hydrogen-bond acceptors (Lipinski definition) is 6. The molecule has 148 valence electrons. The molecule has 2 atom stereocenters. The van der Waals surface area contributed by atoms with E-state index in [0.717, 1.165) is 31.9 Å². The third-order valence-corrected chi connectivity index (χ3v) is 8.22. The summed E-state index contributed by atoms with van der Waals surface area (Å²) in [5.74, 6) is 0.149. The SMILES string of the molecule is COc1ccc(S(C)(=O)=O)cc1S(=O)(=O)N(C)C1CC2CCC(C1)N2.Cl. The largest absolute Gasteiger partial charge is 0.495 e. The van der Waals surface area contributed by atoms with Gasteiger partial charge in [-0.15, -0.1) is 12.4 Å². The van der Waals surface area contributed by atoms with E-state index >= 15 is 0 Å². The first kappa shape index (κ1) is 21.4. The van der Waals surface area contributed by atoms with Gasteiger partial charge in [-0.3, -0.25) is 0 Å². The molecule has 0 amide bonds. The van der Waals surface area contributed by atoms with E-state index in [4.69, 9.17) is 4.74 Å². The van der Waals surface area contributed by atoms with Crippen LogP contribution in [0.25, 0.3) is 0 Å². The molecule has 0 spiro atoms. The summed E-state index contributed by atoms with van der Waals surface area (Å²) in [6.07, 6.45) is 4.73. The predicted octanol–water partition coefficient (Wildman–Crippen LogP) is 1.42. The van der Waals surface area contributed by atoms with Crippen molar-refractivity contribution in [2.24, 2.45) is 0 Å². The molecule has 0 aromatic heterocycles. The summed E-state index contributed by atoms with van der Waals surface area (Å²) < 4.78 is 56.5. The van der Waals surface area contributed by atoms with Crippen LogP contribution in [0.5, 0.6) is 5.75 Å². The molecule has 10 heteroatoms. The maximum Gasteiger partial charge on any atom is 0.246 e. The molecule has 2 saturated heterocycles. The Kier molecular flexibility index (Phi) is 6.29. The highest BCUT2D eigenvalue weighted by Gasteiger charge is 2.39. The summed E-state index contributed by atoms with van der Waals surface area (Å²) in [5, 5.41) is 3.49. The van der Waals surface area contributed by atoms with E-state index < -0.39 is 19.9 Å². The second kappa shape index (κ2) is 7.63. The molecule has 1 aromatic rings. The van der Waals surface area contributed by atoms with Crippen LogP contribution in [0.1, 0.15) is 25.7 Å². The van der Waals surface area contributed by atoms with E-state index in [1.807, 2.05) is 0 Å². The summed E-state index contributed by atoms with van der Waals surface area (Å²) in [5.41, 5.74) is 0. The van der Waals surface area contributed by atoms with Crippen LogP contribution in [-0.4, -0.2) is 59.7 Å². The number of sulfone groups is 1. The average molecular weight is 425 g/mol. The highest BCUT2D eigenvalue weighted by molar-refractivity contribution is 7.91.